The van der Waals surface area contributed by atoms with Gasteiger partial charge in [0.25, 0.3) is 5.91 Å². The number of aromatic nitrogens is 2. The monoisotopic (exact) mass is 495 g/mol. The molecule has 3 N–H and O–H groups in total. The predicted octanol–water partition coefficient (Wildman–Crippen LogP) is 2.08. The minimum atomic E-state index is -1.26. The number of halogens is 1. The SMILES string of the molecule is Cc1ccc(NC(=O)C(Cc2cncn2C)N2C(=O)N[C@H](c3ccc(OCCO)cc3)C2=O)c(F)c1. The number of aryl methyl sites for hydroxylation is 2. The maximum Gasteiger partial charge on any atom is 0.325 e. The summed E-state index contributed by atoms with van der Waals surface area (Å²) in [5.41, 5.74) is 1.73. The number of imidazole rings is 1. The zero-order valence-electron chi connectivity index (χ0n) is 19.8. The molecule has 4 amide bonds. The number of urea groups is 1. The zero-order chi connectivity index (χ0) is 25.8. The average Bonchev–Trinajstić information content (AvgIpc) is 3.39. The van der Waals surface area contributed by atoms with Gasteiger partial charge in [-0.1, -0.05) is 18.2 Å². The molecule has 1 aliphatic heterocycles. The molecule has 1 saturated heterocycles. The van der Waals surface area contributed by atoms with Gasteiger partial charge in [-0.25, -0.2) is 19.1 Å². The van der Waals surface area contributed by atoms with E-state index in [0.29, 0.717) is 22.6 Å². The van der Waals surface area contributed by atoms with Gasteiger partial charge in [0.1, 0.15) is 30.3 Å². The number of nitrogens with one attached hydrogen (secondary N) is 2. The normalized spacial score (nSPS) is 16.1. The number of benzene rings is 2. The molecule has 188 valence electrons. The van der Waals surface area contributed by atoms with E-state index < -0.39 is 35.7 Å². The molecule has 1 fully saturated rings. The molecule has 2 aromatic carbocycles. The largest absolute Gasteiger partial charge is 0.491 e. The summed E-state index contributed by atoms with van der Waals surface area (Å²) >= 11 is 0. The molecule has 3 aromatic rings. The topological polar surface area (TPSA) is 126 Å². The maximum absolute atomic E-state index is 14.4. The molecule has 0 bridgehead atoms. The van der Waals surface area contributed by atoms with Gasteiger partial charge in [-0.2, -0.15) is 0 Å². The fraction of sp³-hybridized carbons (Fsp3) is 0.280. The van der Waals surface area contributed by atoms with Crippen molar-refractivity contribution < 1.29 is 28.6 Å². The Morgan fingerprint density at radius 2 is 2.00 bits per heavy atom. The van der Waals surface area contributed by atoms with Crippen molar-refractivity contribution >= 4 is 23.5 Å². The number of hydrogen-bond acceptors (Lipinski definition) is 6. The highest BCUT2D eigenvalue weighted by Crippen LogP contribution is 2.27. The molecule has 0 aliphatic carbocycles. The van der Waals surface area contributed by atoms with Gasteiger partial charge >= 0.3 is 6.03 Å². The Kier molecular flexibility index (Phi) is 7.30. The molecule has 2 atom stereocenters. The Hall–Kier alpha value is -4.25. The lowest BCUT2D eigenvalue weighted by Gasteiger charge is -2.25. The number of aliphatic hydroxyl groups excluding tert-OH is 1. The van der Waals surface area contributed by atoms with Crippen molar-refractivity contribution in [2.75, 3.05) is 18.5 Å². The maximum atomic E-state index is 14.4. The first-order valence-electron chi connectivity index (χ1n) is 11.3. The van der Waals surface area contributed by atoms with Gasteiger partial charge in [0.05, 0.1) is 18.6 Å². The van der Waals surface area contributed by atoms with E-state index in [1.165, 1.54) is 18.3 Å². The molecule has 1 aromatic heterocycles. The van der Waals surface area contributed by atoms with Crippen molar-refractivity contribution in [2.45, 2.75) is 25.4 Å². The van der Waals surface area contributed by atoms with Crippen LogP contribution < -0.4 is 15.4 Å². The first kappa shape index (κ1) is 24.9. The second-order valence-electron chi connectivity index (χ2n) is 8.42. The van der Waals surface area contributed by atoms with Crippen LogP contribution in [-0.4, -0.2) is 56.7 Å². The van der Waals surface area contributed by atoms with Crippen molar-refractivity contribution in [1.82, 2.24) is 19.8 Å². The van der Waals surface area contributed by atoms with Crippen molar-refractivity contribution in [2.24, 2.45) is 7.05 Å². The molecule has 0 spiro atoms. The summed E-state index contributed by atoms with van der Waals surface area (Å²) in [6.45, 7) is 1.71. The number of hydrogen-bond donors (Lipinski definition) is 3. The summed E-state index contributed by atoms with van der Waals surface area (Å²) < 4.78 is 21.4. The predicted molar refractivity (Wildman–Crippen MR) is 128 cm³/mol. The van der Waals surface area contributed by atoms with Crippen LogP contribution in [0.2, 0.25) is 0 Å². The number of carbonyl (C=O) groups excluding carboxylic acids is 3. The third kappa shape index (κ3) is 5.20. The third-order valence-electron chi connectivity index (χ3n) is 5.86. The lowest BCUT2D eigenvalue weighted by molar-refractivity contribution is -0.134. The molecule has 11 heteroatoms. The van der Waals surface area contributed by atoms with Crippen LogP contribution in [0.15, 0.2) is 55.0 Å². The Morgan fingerprint density at radius 3 is 2.64 bits per heavy atom. The summed E-state index contributed by atoms with van der Waals surface area (Å²) in [6, 6.07) is 7.83. The highest BCUT2D eigenvalue weighted by atomic mass is 19.1. The van der Waals surface area contributed by atoms with Crippen molar-refractivity contribution in [3.05, 3.63) is 77.6 Å². The number of anilines is 1. The van der Waals surface area contributed by atoms with E-state index in [-0.39, 0.29) is 25.3 Å². The first-order valence-corrected chi connectivity index (χ1v) is 11.3. The number of ether oxygens (including phenoxy) is 1. The van der Waals surface area contributed by atoms with Crippen LogP contribution in [0.1, 0.15) is 22.9 Å². The van der Waals surface area contributed by atoms with E-state index >= 15 is 0 Å². The second kappa shape index (κ2) is 10.6. The number of carbonyl (C=O) groups is 3. The van der Waals surface area contributed by atoms with Gasteiger partial charge in [-0.15, -0.1) is 0 Å². The minimum Gasteiger partial charge on any atom is -0.491 e. The van der Waals surface area contributed by atoms with Crippen molar-refractivity contribution in [3.63, 3.8) is 0 Å². The van der Waals surface area contributed by atoms with Gasteiger partial charge < -0.3 is 25.0 Å². The molecule has 2 heterocycles. The molecule has 1 unspecified atom stereocenters. The summed E-state index contributed by atoms with van der Waals surface area (Å²) in [7, 11) is 1.73. The van der Waals surface area contributed by atoms with Crippen molar-refractivity contribution in [1.29, 1.82) is 0 Å². The Morgan fingerprint density at radius 1 is 1.25 bits per heavy atom. The Labute approximate surface area is 206 Å². The lowest BCUT2D eigenvalue weighted by Crippen LogP contribution is -2.49. The van der Waals surface area contributed by atoms with Gasteiger partial charge in [-0.05, 0) is 42.3 Å². The number of nitrogens with zero attached hydrogens (tertiary/aromatic N) is 3. The molecule has 36 heavy (non-hydrogen) atoms. The Balaban J connectivity index is 1.60. The fourth-order valence-corrected chi connectivity index (χ4v) is 3.95. The van der Waals surface area contributed by atoms with E-state index in [2.05, 4.69) is 15.6 Å². The van der Waals surface area contributed by atoms with E-state index in [1.807, 2.05) is 0 Å². The number of imide groups is 1. The van der Waals surface area contributed by atoms with Gasteiger partial charge in [0.15, 0.2) is 0 Å². The van der Waals surface area contributed by atoms with Gasteiger partial charge in [0, 0.05) is 25.4 Å². The van der Waals surface area contributed by atoms with E-state index in [4.69, 9.17) is 9.84 Å². The zero-order valence-corrected chi connectivity index (χ0v) is 19.8. The van der Waals surface area contributed by atoms with Crippen LogP contribution in [0.25, 0.3) is 0 Å². The highest BCUT2D eigenvalue weighted by molar-refractivity contribution is 6.09. The minimum absolute atomic E-state index is 0.0182. The van der Waals surface area contributed by atoms with Crippen LogP contribution in [0, 0.1) is 12.7 Å². The summed E-state index contributed by atoms with van der Waals surface area (Å²) in [5.74, 6) is -1.46. The lowest BCUT2D eigenvalue weighted by atomic mass is 10.0. The second-order valence-corrected chi connectivity index (χ2v) is 8.42. The van der Waals surface area contributed by atoms with Crippen LogP contribution in [-0.2, 0) is 23.1 Å². The van der Waals surface area contributed by atoms with Crippen LogP contribution in [0.4, 0.5) is 14.9 Å². The molecular formula is C25H26FN5O5. The highest BCUT2D eigenvalue weighted by Gasteiger charge is 2.45. The standard InChI is InChI=1S/C25H26FN5O5/c1-15-3-8-20(19(26)11-15)28-23(33)21(12-17-13-27-14-30(17)2)31-24(34)22(29-25(31)35)16-4-6-18(7-5-16)36-10-9-32/h3-8,11,13-14,21-22,32H,9-10,12H2,1-2H3,(H,28,33)(H,29,35)/t21?,22-/m1/s1. The van der Waals surface area contributed by atoms with Crippen LogP contribution in [0.5, 0.6) is 5.75 Å². The van der Waals surface area contributed by atoms with E-state index in [9.17, 15) is 18.8 Å². The molecule has 0 radical (unpaired) electrons. The van der Waals surface area contributed by atoms with Gasteiger partial charge in [0.2, 0.25) is 5.91 Å². The summed E-state index contributed by atoms with van der Waals surface area (Å²) in [5, 5.41) is 14.0. The third-order valence-corrected chi connectivity index (χ3v) is 5.86. The number of rotatable bonds is 9. The Bertz CT molecular complexity index is 1280. The average molecular weight is 496 g/mol. The smallest absolute Gasteiger partial charge is 0.325 e. The first-order chi connectivity index (χ1) is 17.3. The van der Waals surface area contributed by atoms with E-state index in [1.54, 1.807) is 55.2 Å². The fourth-order valence-electron chi connectivity index (χ4n) is 3.95. The summed E-state index contributed by atoms with van der Waals surface area (Å²) in [6.07, 6.45) is 3.06. The van der Waals surface area contributed by atoms with Crippen LogP contribution in [0.3, 0.4) is 0 Å². The molecule has 1 aliphatic rings. The quantitative estimate of drug-likeness (QED) is 0.391. The number of amides is 4. The van der Waals surface area contributed by atoms with Crippen molar-refractivity contribution in [3.8, 4) is 5.75 Å². The van der Waals surface area contributed by atoms with Crippen LogP contribution >= 0.6 is 0 Å². The molecule has 0 saturated carbocycles. The summed E-state index contributed by atoms with van der Waals surface area (Å²) in [4.78, 5) is 44.6. The molecule has 10 nitrogen and oxygen atoms in total. The number of aliphatic hydroxyl groups is 1. The van der Waals surface area contributed by atoms with Gasteiger partial charge in [-0.3, -0.25) is 9.59 Å². The van der Waals surface area contributed by atoms with E-state index in [0.717, 1.165) is 4.90 Å². The molecular weight excluding hydrogens is 469 g/mol. The molecule has 4 rings (SSSR count).